The smallest absolute Gasteiger partial charge is 0.310 e. The molecule has 1 aromatic carbocycles. The molecule has 2 aromatic rings. The second kappa shape index (κ2) is 6.36. The molecule has 112 valence electrons. The van der Waals surface area contributed by atoms with E-state index in [1.165, 1.54) is 12.1 Å². The molecule has 0 aliphatic rings. The quantitative estimate of drug-likeness (QED) is 0.648. The highest BCUT2D eigenvalue weighted by Gasteiger charge is 2.16. The van der Waals surface area contributed by atoms with E-state index in [4.69, 9.17) is 4.74 Å². The Kier molecular flexibility index (Phi) is 4.54. The average Bonchev–Trinajstić information content (AvgIpc) is 2.74. The molecular weight excluding hydrogens is 274 g/mol. The van der Waals surface area contributed by atoms with Crippen LogP contribution in [-0.4, -0.2) is 32.5 Å². The van der Waals surface area contributed by atoms with Crippen molar-refractivity contribution in [3.8, 4) is 5.75 Å². The zero-order valence-corrected chi connectivity index (χ0v) is 11.9. The lowest BCUT2D eigenvalue weighted by atomic mass is 10.3. The van der Waals surface area contributed by atoms with Gasteiger partial charge in [-0.1, -0.05) is 12.1 Å². The molecule has 1 aromatic heterocycles. The third-order valence-electron chi connectivity index (χ3n) is 2.98. The molecular formula is C14H17N3O4. The summed E-state index contributed by atoms with van der Waals surface area (Å²) < 4.78 is 7.03. The molecule has 0 saturated heterocycles. The summed E-state index contributed by atoms with van der Waals surface area (Å²) in [7, 11) is 0. The van der Waals surface area contributed by atoms with Gasteiger partial charge in [0.25, 0.3) is 0 Å². The summed E-state index contributed by atoms with van der Waals surface area (Å²) >= 11 is 0. The molecule has 1 N–H and O–H groups in total. The fourth-order valence-electron chi connectivity index (χ4n) is 2.03. The first-order valence-electron chi connectivity index (χ1n) is 6.52. The fraction of sp³-hybridized carbons (Fsp3) is 0.357. The number of aliphatic hydroxyl groups excluding tert-OH is 1. The number of aromatic nitrogens is 2. The summed E-state index contributed by atoms with van der Waals surface area (Å²) in [5, 5.41) is 25.1. The molecule has 0 spiro atoms. The Labute approximate surface area is 121 Å². The molecule has 2 rings (SSSR count). The fourth-order valence-corrected chi connectivity index (χ4v) is 2.03. The minimum absolute atomic E-state index is 0.0385. The van der Waals surface area contributed by atoms with Gasteiger partial charge in [0.2, 0.25) is 0 Å². The van der Waals surface area contributed by atoms with Crippen LogP contribution in [0.3, 0.4) is 0 Å². The van der Waals surface area contributed by atoms with E-state index in [1.54, 1.807) is 16.8 Å². The van der Waals surface area contributed by atoms with Crippen molar-refractivity contribution < 1.29 is 14.8 Å². The number of nitro groups is 1. The first-order chi connectivity index (χ1) is 9.97. The molecule has 0 saturated carbocycles. The van der Waals surface area contributed by atoms with Crippen LogP contribution in [0.4, 0.5) is 5.69 Å². The lowest BCUT2D eigenvalue weighted by Crippen LogP contribution is -2.25. The van der Waals surface area contributed by atoms with Gasteiger partial charge in [-0.2, -0.15) is 5.10 Å². The van der Waals surface area contributed by atoms with Gasteiger partial charge >= 0.3 is 5.69 Å². The average molecular weight is 291 g/mol. The van der Waals surface area contributed by atoms with E-state index in [-0.39, 0.29) is 24.6 Å². The number of rotatable bonds is 6. The molecule has 0 aliphatic heterocycles. The number of nitrogens with zero attached hydrogens (tertiary/aromatic N) is 3. The molecule has 0 amide bonds. The maximum absolute atomic E-state index is 10.9. The van der Waals surface area contributed by atoms with Crippen molar-refractivity contribution in [2.45, 2.75) is 26.5 Å². The van der Waals surface area contributed by atoms with Crippen LogP contribution in [-0.2, 0) is 6.54 Å². The number of hydrogen-bond donors (Lipinski definition) is 1. The third kappa shape index (κ3) is 3.79. The van der Waals surface area contributed by atoms with Gasteiger partial charge in [-0.25, -0.2) is 0 Å². The number of aryl methyl sites for hydroxylation is 2. The number of ether oxygens (including phenoxy) is 1. The van der Waals surface area contributed by atoms with Crippen molar-refractivity contribution in [1.82, 2.24) is 9.78 Å². The zero-order valence-electron chi connectivity index (χ0n) is 11.9. The van der Waals surface area contributed by atoms with Crippen molar-refractivity contribution in [3.05, 3.63) is 51.8 Å². The van der Waals surface area contributed by atoms with Crippen LogP contribution in [0.25, 0.3) is 0 Å². The van der Waals surface area contributed by atoms with E-state index in [1.807, 2.05) is 19.9 Å². The Hall–Kier alpha value is -2.41. The monoisotopic (exact) mass is 291 g/mol. The van der Waals surface area contributed by atoms with Gasteiger partial charge in [0, 0.05) is 11.8 Å². The second-order valence-corrected chi connectivity index (χ2v) is 4.80. The van der Waals surface area contributed by atoms with E-state index in [2.05, 4.69) is 5.10 Å². The van der Waals surface area contributed by atoms with Gasteiger partial charge < -0.3 is 9.84 Å². The normalized spacial score (nSPS) is 12.1. The zero-order chi connectivity index (χ0) is 15.4. The van der Waals surface area contributed by atoms with Gasteiger partial charge in [0.15, 0.2) is 5.75 Å². The minimum atomic E-state index is -0.803. The first-order valence-corrected chi connectivity index (χ1v) is 6.52. The van der Waals surface area contributed by atoms with Crippen LogP contribution in [0.15, 0.2) is 30.3 Å². The summed E-state index contributed by atoms with van der Waals surface area (Å²) in [4.78, 5) is 10.3. The number of nitro benzene ring substituents is 1. The lowest BCUT2D eigenvalue weighted by Gasteiger charge is -2.13. The van der Waals surface area contributed by atoms with Crippen molar-refractivity contribution in [1.29, 1.82) is 0 Å². The van der Waals surface area contributed by atoms with Crippen LogP contribution >= 0.6 is 0 Å². The van der Waals surface area contributed by atoms with Crippen molar-refractivity contribution in [2.75, 3.05) is 6.61 Å². The molecule has 0 fully saturated rings. The summed E-state index contributed by atoms with van der Waals surface area (Å²) in [6, 6.07) is 8.00. The van der Waals surface area contributed by atoms with E-state index in [9.17, 15) is 15.2 Å². The van der Waals surface area contributed by atoms with Gasteiger partial charge in [0.1, 0.15) is 12.7 Å². The molecule has 0 unspecified atom stereocenters. The highest BCUT2D eigenvalue weighted by atomic mass is 16.6. The maximum atomic E-state index is 10.9. The molecule has 0 radical (unpaired) electrons. The highest BCUT2D eigenvalue weighted by Crippen LogP contribution is 2.25. The summed E-state index contributed by atoms with van der Waals surface area (Å²) in [6.07, 6.45) is -0.803. The topological polar surface area (TPSA) is 90.4 Å². The van der Waals surface area contributed by atoms with E-state index in [0.29, 0.717) is 0 Å². The Bertz CT molecular complexity index is 639. The van der Waals surface area contributed by atoms with Crippen LogP contribution in [0, 0.1) is 24.0 Å². The molecule has 0 bridgehead atoms. The number of para-hydroxylation sites is 2. The van der Waals surface area contributed by atoms with Gasteiger partial charge in [-0.3, -0.25) is 14.8 Å². The van der Waals surface area contributed by atoms with E-state index >= 15 is 0 Å². The minimum Gasteiger partial charge on any atom is -0.484 e. The Morgan fingerprint density at radius 3 is 2.76 bits per heavy atom. The molecule has 7 heteroatoms. The molecule has 7 nitrogen and oxygen atoms in total. The van der Waals surface area contributed by atoms with Gasteiger partial charge in [0.05, 0.1) is 17.2 Å². The van der Waals surface area contributed by atoms with Crippen molar-refractivity contribution in [3.63, 3.8) is 0 Å². The van der Waals surface area contributed by atoms with Crippen LogP contribution in [0.5, 0.6) is 5.75 Å². The van der Waals surface area contributed by atoms with Crippen LogP contribution in [0.2, 0.25) is 0 Å². The number of aliphatic hydroxyl groups is 1. The molecule has 21 heavy (non-hydrogen) atoms. The van der Waals surface area contributed by atoms with Crippen LogP contribution < -0.4 is 4.74 Å². The summed E-state index contributed by atoms with van der Waals surface area (Å²) in [5.41, 5.74) is 1.70. The maximum Gasteiger partial charge on any atom is 0.310 e. The van der Waals surface area contributed by atoms with Crippen LogP contribution in [0.1, 0.15) is 11.4 Å². The third-order valence-corrected chi connectivity index (χ3v) is 2.98. The highest BCUT2D eigenvalue weighted by molar-refractivity contribution is 5.45. The number of hydrogen-bond acceptors (Lipinski definition) is 5. The van der Waals surface area contributed by atoms with E-state index in [0.717, 1.165) is 11.4 Å². The first kappa shape index (κ1) is 15.0. The Morgan fingerprint density at radius 2 is 2.14 bits per heavy atom. The molecule has 1 heterocycles. The van der Waals surface area contributed by atoms with Crippen molar-refractivity contribution in [2.24, 2.45) is 0 Å². The molecule has 1 atom stereocenters. The van der Waals surface area contributed by atoms with Gasteiger partial charge in [-0.05, 0) is 26.0 Å². The largest absolute Gasteiger partial charge is 0.484 e. The predicted molar refractivity (Wildman–Crippen MR) is 76.3 cm³/mol. The second-order valence-electron chi connectivity index (χ2n) is 4.80. The standard InChI is InChI=1S/C14H17N3O4/c1-10-7-11(2)16(15-10)8-12(18)9-21-14-6-4-3-5-13(14)17(19)20/h3-7,12,18H,8-9H2,1-2H3/t12-/m0/s1. The predicted octanol–water partition coefficient (Wildman–Crippen LogP) is 1.85. The summed E-state index contributed by atoms with van der Waals surface area (Å²) in [6.45, 7) is 4.01. The lowest BCUT2D eigenvalue weighted by molar-refractivity contribution is -0.385. The SMILES string of the molecule is Cc1cc(C)n(C[C@H](O)COc2ccccc2[N+](=O)[O-])n1. The summed E-state index contributed by atoms with van der Waals surface area (Å²) in [5.74, 6) is 0.148. The van der Waals surface area contributed by atoms with E-state index < -0.39 is 11.0 Å². The van der Waals surface area contributed by atoms with Gasteiger partial charge in [-0.15, -0.1) is 0 Å². The Morgan fingerprint density at radius 1 is 1.43 bits per heavy atom. The number of benzene rings is 1. The molecule has 0 aliphatic carbocycles. The van der Waals surface area contributed by atoms with Crippen molar-refractivity contribution >= 4 is 5.69 Å². The Balaban J connectivity index is 1.97.